The molecular formula is C7H10N4O6S. The van der Waals surface area contributed by atoms with E-state index >= 15 is 0 Å². The molecule has 2 N–H and O–H groups in total. The maximum absolute atomic E-state index is 11.5. The fraction of sp³-hybridized carbons (Fsp3) is 0.429. The SMILES string of the molecule is O=C(O)CCNS(=O)(=O)Cn1ccnc1[N+](=O)[O-]. The van der Waals surface area contributed by atoms with Gasteiger partial charge in [-0.15, -0.1) is 0 Å². The van der Waals surface area contributed by atoms with Crippen LogP contribution in [0.15, 0.2) is 12.4 Å². The van der Waals surface area contributed by atoms with Gasteiger partial charge in [0.2, 0.25) is 10.0 Å². The lowest BCUT2D eigenvalue weighted by molar-refractivity contribution is -0.396. The highest BCUT2D eigenvalue weighted by Gasteiger charge is 2.20. The van der Waals surface area contributed by atoms with Crippen molar-refractivity contribution in [2.24, 2.45) is 0 Å². The minimum Gasteiger partial charge on any atom is -0.481 e. The molecule has 0 aromatic carbocycles. The summed E-state index contributed by atoms with van der Waals surface area (Å²) in [7, 11) is -3.85. The molecule has 1 aromatic rings. The van der Waals surface area contributed by atoms with E-state index in [1.54, 1.807) is 0 Å². The number of nitrogens with one attached hydrogen (secondary N) is 1. The molecular weight excluding hydrogens is 268 g/mol. The zero-order valence-corrected chi connectivity index (χ0v) is 9.83. The zero-order chi connectivity index (χ0) is 13.8. The quantitative estimate of drug-likeness (QED) is 0.487. The second-order valence-corrected chi connectivity index (χ2v) is 5.01. The summed E-state index contributed by atoms with van der Waals surface area (Å²) in [6.07, 6.45) is 1.88. The molecule has 0 atom stereocenters. The Bertz CT molecular complexity index is 550. The summed E-state index contributed by atoms with van der Waals surface area (Å²) < 4.78 is 25.8. The molecule has 0 fully saturated rings. The van der Waals surface area contributed by atoms with Gasteiger partial charge >= 0.3 is 11.9 Å². The van der Waals surface area contributed by atoms with E-state index in [0.29, 0.717) is 0 Å². The van der Waals surface area contributed by atoms with E-state index in [4.69, 9.17) is 5.11 Å². The summed E-state index contributed by atoms with van der Waals surface area (Å²) in [6, 6.07) is 0. The van der Waals surface area contributed by atoms with Crippen LogP contribution in [0, 0.1) is 10.1 Å². The highest BCUT2D eigenvalue weighted by atomic mass is 32.2. The number of aliphatic carboxylic acids is 1. The van der Waals surface area contributed by atoms with Crippen molar-refractivity contribution in [3.63, 3.8) is 0 Å². The van der Waals surface area contributed by atoms with Gasteiger partial charge in [-0.05, 0) is 4.92 Å². The first-order chi connectivity index (χ1) is 8.32. The van der Waals surface area contributed by atoms with Gasteiger partial charge in [-0.25, -0.2) is 17.7 Å². The van der Waals surface area contributed by atoms with Crippen LogP contribution in [0.25, 0.3) is 0 Å². The summed E-state index contributed by atoms with van der Waals surface area (Å²) in [5.74, 6) is -2.44. The van der Waals surface area contributed by atoms with Gasteiger partial charge in [0.05, 0.1) is 6.42 Å². The average Bonchev–Trinajstić information content (AvgIpc) is 2.63. The number of carboxylic acids is 1. The van der Waals surface area contributed by atoms with Gasteiger partial charge in [-0.1, -0.05) is 4.98 Å². The first kappa shape index (κ1) is 14.1. The van der Waals surface area contributed by atoms with E-state index in [2.05, 4.69) is 4.98 Å². The maximum atomic E-state index is 11.5. The molecule has 1 aromatic heterocycles. The van der Waals surface area contributed by atoms with E-state index < -0.39 is 32.7 Å². The molecule has 0 aliphatic heterocycles. The number of nitrogens with zero attached hydrogens (tertiary/aromatic N) is 3. The maximum Gasteiger partial charge on any atom is 0.435 e. The molecule has 0 saturated carbocycles. The number of imidazole rings is 1. The number of nitro groups is 1. The third-order valence-electron chi connectivity index (χ3n) is 1.83. The van der Waals surface area contributed by atoms with Crippen molar-refractivity contribution in [2.75, 3.05) is 6.54 Å². The highest BCUT2D eigenvalue weighted by Crippen LogP contribution is 2.08. The largest absolute Gasteiger partial charge is 0.481 e. The standard InChI is InChI=1S/C7H10N4O6S/c12-6(13)1-2-9-18(16,17)5-10-4-3-8-7(10)11(14)15/h3-4,9H,1-2,5H2,(H,12,13). The predicted molar refractivity (Wildman–Crippen MR) is 58.1 cm³/mol. The lowest BCUT2D eigenvalue weighted by atomic mass is 10.5. The van der Waals surface area contributed by atoms with Gasteiger partial charge in [0.1, 0.15) is 12.4 Å². The smallest absolute Gasteiger partial charge is 0.435 e. The first-order valence-electron chi connectivity index (χ1n) is 4.66. The fourth-order valence-electron chi connectivity index (χ4n) is 1.12. The zero-order valence-electron chi connectivity index (χ0n) is 9.01. The monoisotopic (exact) mass is 278 g/mol. The Morgan fingerprint density at radius 2 is 2.28 bits per heavy atom. The molecule has 0 radical (unpaired) electrons. The number of carboxylic acid groups (broad SMARTS) is 1. The fourth-order valence-corrected chi connectivity index (χ4v) is 2.19. The van der Waals surface area contributed by atoms with Crippen LogP contribution in [0.1, 0.15) is 6.42 Å². The summed E-state index contributed by atoms with van der Waals surface area (Å²) in [5, 5.41) is 18.8. The Morgan fingerprint density at radius 1 is 1.61 bits per heavy atom. The summed E-state index contributed by atoms with van der Waals surface area (Å²) in [4.78, 5) is 23.3. The molecule has 11 heteroatoms. The lowest BCUT2D eigenvalue weighted by Gasteiger charge is -2.04. The Morgan fingerprint density at radius 3 is 2.83 bits per heavy atom. The van der Waals surface area contributed by atoms with Crippen molar-refractivity contribution in [3.8, 4) is 0 Å². The van der Waals surface area contributed by atoms with Gasteiger partial charge in [0.15, 0.2) is 5.88 Å². The van der Waals surface area contributed by atoms with Gasteiger partial charge in [-0.2, -0.15) is 0 Å². The van der Waals surface area contributed by atoms with Crippen LogP contribution in [0.5, 0.6) is 0 Å². The molecule has 18 heavy (non-hydrogen) atoms. The van der Waals surface area contributed by atoms with Crippen LogP contribution in [0.4, 0.5) is 5.95 Å². The van der Waals surface area contributed by atoms with Crippen molar-refractivity contribution in [1.29, 1.82) is 0 Å². The second kappa shape index (κ2) is 5.55. The first-order valence-corrected chi connectivity index (χ1v) is 6.32. The van der Waals surface area contributed by atoms with Crippen molar-refractivity contribution < 1.29 is 23.2 Å². The minimum atomic E-state index is -3.85. The van der Waals surface area contributed by atoms with E-state index in [9.17, 15) is 23.3 Å². The molecule has 0 aliphatic rings. The van der Waals surface area contributed by atoms with Crippen LogP contribution >= 0.6 is 0 Å². The summed E-state index contributed by atoms with van der Waals surface area (Å²) in [6.45, 7) is -0.278. The Labute approximate surface area is 101 Å². The van der Waals surface area contributed by atoms with E-state index in [1.807, 2.05) is 4.72 Å². The number of carbonyl (C=O) groups is 1. The molecule has 0 saturated heterocycles. The number of hydrogen-bond donors (Lipinski definition) is 2. The van der Waals surface area contributed by atoms with E-state index in [1.165, 1.54) is 0 Å². The second-order valence-electron chi connectivity index (χ2n) is 3.24. The number of aromatic nitrogens is 2. The predicted octanol–water partition coefficient (Wildman–Crippen LogP) is -0.857. The molecule has 0 aliphatic carbocycles. The van der Waals surface area contributed by atoms with Crippen LogP contribution in [0.2, 0.25) is 0 Å². The third kappa shape index (κ3) is 4.10. The summed E-state index contributed by atoms with van der Waals surface area (Å²) >= 11 is 0. The number of sulfonamides is 1. The number of rotatable bonds is 7. The van der Waals surface area contributed by atoms with Crippen molar-refractivity contribution in [2.45, 2.75) is 12.3 Å². The van der Waals surface area contributed by atoms with Crippen LogP contribution in [-0.2, 0) is 20.7 Å². The van der Waals surface area contributed by atoms with E-state index in [0.717, 1.165) is 17.0 Å². The Balaban J connectivity index is 2.68. The van der Waals surface area contributed by atoms with Gasteiger partial charge in [-0.3, -0.25) is 4.79 Å². The van der Waals surface area contributed by atoms with Gasteiger partial charge in [0.25, 0.3) is 0 Å². The van der Waals surface area contributed by atoms with Gasteiger partial charge < -0.3 is 15.2 Å². The lowest BCUT2D eigenvalue weighted by Crippen LogP contribution is -2.29. The summed E-state index contributed by atoms with van der Waals surface area (Å²) in [5.41, 5.74) is 0. The average molecular weight is 278 g/mol. The normalized spacial score (nSPS) is 11.3. The molecule has 10 nitrogen and oxygen atoms in total. The molecule has 1 heterocycles. The Kier molecular flexibility index (Phi) is 4.33. The van der Waals surface area contributed by atoms with Crippen molar-refractivity contribution in [3.05, 3.63) is 22.5 Å². The molecule has 0 unspecified atom stereocenters. The van der Waals surface area contributed by atoms with Crippen LogP contribution in [-0.4, -0.2) is 40.5 Å². The topological polar surface area (TPSA) is 144 Å². The molecule has 0 amide bonds. The molecule has 0 bridgehead atoms. The van der Waals surface area contributed by atoms with Crippen molar-refractivity contribution >= 4 is 21.9 Å². The Hall–Kier alpha value is -2.01. The molecule has 0 spiro atoms. The van der Waals surface area contributed by atoms with Crippen LogP contribution in [0.3, 0.4) is 0 Å². The van der Waals surface area contributed by atoms with E-state index in [-0.39, 0.29) is 13.0 Å². The van der Waals surface area contributed by atoms with Gasteiger partial charge in [0, 0.05) is 6.54 Å². The molecule has 1 rings (SSSR count). The highest BCUT2D eigenvalue weighted by molar-refractivity contribution is 7.88. The number of hydrogen-bond acceptors (Lipinski definition) is 6. The van der Waals surface area contributed by atoms with Crippen molar-refractivity contribution in [1.82, 2.24) is 14.3 Å². The minimum absolute atomic E-state index is 0.278. The third-order valence-corrected chi connectivity index (χ3v) is 3.09. The van der Waals surface area contributed by atoms with Crippen LogP contribution < -0.4 is 4.72 Å². The molecule has 100 valence electrons.